The Labute approximate surface area is 214 Å². The second-order valence-electron chi connectivity index (χ2n) is 11.1. The van der Waals surface area contributed by atoms with Crippen LogP contribution in [0.3, 0.4) is 0 Å². The van der Waals surface area contributed by atoms with E-state index >= 15 is 0 Å². The summed E-state index contributed by atoms with van der Waals surface area (Å²) in [5.41, 5.74) is 5.43. The molecule has 1 saturated carbocycles. The Hall–Kier alpha value is -2.35. The standard InChI is InChI=1S/C27H30ClN3O3S/c1-26(2,3)34-25(33)30-13-17(14-30)31-9-7-27(5-6-27)21-11-16(28)10-20(23(21)31)19-4-8-29-22-12-18(15-32)35-24(19)22/h4,8,10-12,17,32H,5-7,9,13-15H2,1-3H3. The molecule has 6 nitrogen and oxygen atoms in total. The third kappa shape index (κ3) is 3.98. The SMILES string of the molecule is CC(C)(C)OC(=O)N1CC(N2CCC3(CC3)c3cc(Cl)cc(-c4ccnc5cc(CO)sc45)c32)C1. The molecule has 0 bridgehead atoms. The van der Waals surface area contributed by atoms with Crippen molar-refractivity contribution in [3.63, 3.8) is 0 Å². The lowest BCUT2D eigenvalue weighted by molar-refractivity contribution is 0.00793. The number of nitrogens with zero attached hydrogens (tertiary/aromatic N) is 3. The van der Waals surface area contributed by atoms with E-state index in [2.05, 4.69) is 28.1 Å². The van der Waals surface area contributed by atoms with Gasteiger partial charge in [-0.1, -0.05) is 11.6 Å². The highest BCUT2D eigenvalue weighted by Gasteiger charge is 2.51. The number of aliphatic hydroxyl groups excluding tert-OH is 1. The van der Waals surface area contributed by atoms with E-state index < -0.39 is 5.60 Å². The van der Waals surface area contributed by atoms with Crippen molar-refractivity contribution in [2.24, 2.45) is 0 Å². The lowest BCUT2D eigenvalue weighted by atomic mass is 9.82. The van der Waals surface area contributed by atoms with Crippen LogP contribution in [0.25, 0.3) is 21.3 Å². The van der Waals surface area contributed by atoms with Crippen molar-refractivity contribution >= 4 is 44.9 Å². The molecule has 2 aliphatic heterocycles. The molecule has 0 unspecified atom stereocenters. The average Bonchev–Trinajstić information content (AvgIpc) is 3.40. The fourth-order valence-corrected chi connectivity index (χ4v) is 6.76. The summed E-state index contributed by atoms with van der Waals surface area (Å²) in [7, 11) is 0. The quantitative estimate of drug-likeness (QED) is 0.469. The van der Waals surface area contributed by atoms with E-state index in [9.17, 15) is 9.90 Å². The number of halogens is 1. The first-order chi connectivity index (χ1) is 16.7. The van der Waals surface area contributed by atoms with Gasteiger partial charge >= 0.3 is 6.09 Å². The minimum Gasteiger partial charge on any atom is -0.444 e. The minimum atomic E-state index is -0.497. The van der Waals surface area contributed by atoms with Crippen LogP contribution in [0.2, 0.25) is 5.02 Å². The number of fused-ring (bicyclic) bond motifs is 3. The normalized spacial score (nSPS) is 19.1. The van der Waals surface area contributed by atoms with Gasteiger partial charge < -0.3 is 19.6 Å². The molecule has 8 heteroatoms. The Balaban J connectivity index is 1.41. The number of thiophene rings is 1. The fraction of sp³-hybridized carbons (Fsp3) is 0.481. The van der Waals surface area contributed by atoms with Crippen LogP contribution in [0.1, 0.15) is 50.5 Å². The van der Waals surface area contributed by atoms with E-state index in [0.29, 0.717) is 13.1 Å². The number of hydrogen-bond acceptors (Lipinski definition) is 6. The Kier molecular flexibility index (Phi) is 5.33. The van der Waals surface area contributed by atoms with Crippen LogP contribution in [0.5, 0.6) is 0 Å². The number of pyridine rings is 1. The Morgan fingerprint density at radius 3 is 2.69 bits per heavy atom. The van der Waals surface area contributed by atoms with Gasteiger partial charge in [-0.2, -0.15) is 0 Å². The molecule has 0 atom stereocenters. The first-order valence-corrected chi connectivity index (χ1v) is 13.4. The maximum Gasteiger partial charge on any atom is 0.410 e. The molecule has 1 spiro atoms. The summed E-state index contributed by atoms with van der Waals surface area (Å²) in [6.07, 6.45) is 5.10. The highest BCUT2D eigenvalue weighted by atomic mass is 35.5. The van der Waals surface area contributed by atoms with Gasteiger partial charge in [-0.25, -0.2) is 4.79 Å². The van der Waals surface area contributed by atoms with Crippen LogP contribution < -0.4 is 4.90 Å². The molecule has 6 rings (SSSR count). The van der Waals surface area contributed by atoms with E-state index in [1.165, 1.54) is 24.1 Å². The van der Waals surface area contributed by atoms with Crippen molar-refractivity contribution < 1.29 is 14.6 Å². The summed E-state index contributed by atoms with van der Waals surface area (Å²) in [5, 5.41) is 10.5. The van der Waals surface area contributed by atoms with Gasteiger partial charge in [-0.15, -0.1) is 11.3 Å². The molecule has 0 radical (unpaired) electrons. The Morgan fingerprint density at radius 2 is 2.00 bits per heavy atom. The van der Waals surface area contributed by atoms with Crippen molar-refractivity contribution in [2.75, 3.05) is 24.5 Å². The molecule has 3 aliphatic rings. The topological polar surface area (TPSA) is 65.9 Å². The second kappa shape index (κ2) is 8.08. The number of hydrogen-bond donors (Lipinski definition) is 1. The van der Waals surface area contributed by atoms with Crippen LogP contribution in [0.4, 0.5) is 10.5 Å². The fourth-order valence-electron chi connectivity index (χ4n) is 5.54. The monoisotopic (exact) mass is 511 g/mol. The molecular formula is C27H30ClN3O3S. The summed E-state index contributed by atoms with van der Waals surface area (Å²) < 4.78 is 6.65. The molecule has 35 heavy (non-hydrogen) atoms. The number of ether oxygens (including phenoxy) is 1. The summed E-state index contributed by atoms with van der Waals surface area (Å²) in [4.78, 5) is 22.3. The summed E-state index contributed by atoms with van der Waals surface area (Å²) >= 11 is 8.32. The van der Waals surface area contributed by atoms with Crippen molar-refractivity contribution in [1.82, 2.24) is 9.88 Å². The third-order valence-electron chi connectivity index (χ3n) is 7.48. The van der Waals surface area contributed by atoms with Crippen LogP contribution >= 0.6 is 22.9 Å². The second-order valence-corrected chi connectivity index (χ2v) is 12.6. The van der Waals surface area contributed by atoms with E-state index in [1.54, 1.807) is 16.2 Å². The summed E-state index contributed by atoms with van der Waals surface area (Å²) in [5.74, 6) is 0. The molecule has 1 aromatic carbocycles. The van der Waals surface area contributed by atoms with Gasteiger partial charge in [0.15, 0.2) is 0 Å². The molecule has 1 aliphatic carbocycles. The van der Waals surface area contributed by atoms with Crippen LogP contribution in [0, 0.1) is 0 Å². The lowest BCUT2D eigenvalue weighted by Gasteiger charge is -2.50. The van der Waals surface area contributed by atoms with Crippen LogP contribution in [0.15, 0.2) is 30.5 Å². The molecule has 4 heterocycles. The zero-order valence-electron chi connectivity index (χ0n) is 20.3. The first-order valence-electron chi connectivity index (χ1n) is 12.2. The largest absolute Gasteiger partial charge is 0.444 e. The zero-order chi connectivity index (χ0) is 24.5. The van der Waals surface area contributed by atoms with E-state index in [-0.39, 0.29) is 24.2 Å². The van der Waals surface area contributed by atoms with Gasteiger partial charge in [-0.3, -0.25) is 4.98 Å². The van der Waals surface area contributed by atoms with E-state index in [0.717, 1.165) is 44.2 Å². The predicted octanol–water partition coefficient (Wildman–Crippen LogP) is 5.97. The van der Waals surface area contributed by atoms with Gasteiger partial charge in [0, 0.05) is 52.5 Å². The number of aromatic nitrogens is 1. The van der Waals surface area contributed by atoms with Crippen molar-refractivity contribution in [3.8, 4) is 11.1 Å². The van der Waals surface area contributed by atoms with Crippen LogP contribution in [-0.2, 0) is 16.8 Å². The number of carbonyl (C=O) groups is 1. The van der Waals surface area contributed by atoms with Crippen molar-refractivity contribution in [3.05, 3.63) is 45.9 Å². The van der Waals surface area contributed by atoms with Crippen molar-refractivity contribution in [2.45, 2.75) is 63.7 Å². The number of rotatable bonds is 3. The van der Waals surface area contributed by atoms with Gasteiger partial charge in [0.25, 0.3) is 0 Å². The average molecular weight is 512 g/mol. The molecule has 3 aromatic rings. The molecule has 2 fully saturated rings. The number of benzene rings is 1. The third-order valence-corrected chi connectivity index (χ3v) is 8.84. The summed E-state index contributed by atoms with van der Waals surface area (Å²) in [6.45, 7) is 7.98. The number of carbonyl (C=O) groups excluding carboxylic acids is 1. The summed E-state index contributed by atoms with van der Waals surface area (Å²) in [6, 6.07) is 8.50. The number of amides is 1. The van der Waals surface area contributed by atoms with Gasteiger partial charge in [-0.05, 0) is 75.3 Å². The zero-order valence-corrected chi connectivity index (χ0v) is 21.9. The highest BCUT2D eigenvalue weighted by molar-refractivity contribution is 7.19. The molecule has 2 aromatic heterocycles. The lowest BCUT2D eigenvalue weighted by Crippen LogP contribution is -2.63. The molecule has 1 amide bonds. The molecular weight excluding hydrogens is 482 g/mol. The maximum absolute atomic E-state index is 12.6. The first kappa shape index (κ1) is 23.1. The molecule has 1 N–H and O–H groups in total. The van der Waals surface area contributed by atoms with Gasteiger partial charge in [0.1, 0.15) is 5.60 Å². The number of anilines is 1. The smallest absolute Gasteiger partial charge is 0.410 e. The van der Waals surface area contributed by atoms with Gasteiger partial charge in [0.05, 0.1) is 22.9 Å². The number of likely N-dealkylation sites (tertiary alicyclic amines) is 1. The van der Waals surface area contributed by atoms with Crippen molar-refractivity contribution in [1.29, 1.82) is 0 Å². The van der Waals surface area contributed by atoms with Gasteiger partial charge in [0.2, 0.25) is 0 Å². The highest BCUT2D eigenvalue weighted by Crippen LogP contribution is 2.59. The van der Waals surface area contributed by atoms with E-state index in [1.807, 2.05) is 33.0 Å². The molecule has 1 saturated heterocycles. The predicted molar refractivity (Wildman–Crippen MR) is 140 cm³/mol. The van der Waals surface area contributed by atoms with E-state index in [4.69, 9.17) is 16.3 Å². The Bertz CT molecular complexity index is 1320. The van der Waals surface area contributed by atoms with Crippen LogP contribution in [-0.4, -0.2) is 52.4 Å². The minimum absolute atomic E-state index is 0.00588. The number of aliphatic hydroxyl groups is 1. The Morgan fingerprint density at radius 1 is 1.23 bits per heavy atom. The maximum atomic E-state index is 12.6. The molecule has 184 valence electrons.